The first-order valence-electron chi connectivity index (χ1n) is 9.02. The third kappa shape index (κ3) is 9.82. The molecule has 0 heterocycles. The fourth-order valence-electron chi connectivity index (χ4n) is 2.12. The first kappa shape index (κ1) is 21.1. The van der Waals surface area contributed by atoms with Gasteiger partial charge in [0.2, 0.25) is 0 Å². The van der Waals surface area contributed by atoms with Gasteiger partial charge in [-0.3, -0.25) is 4.99 Å². The van der Waals surface area contributed by atoms with Gasteiger partial charge in [0.1, 0.15) is 17.6 Å². The van der Waals surface area contributed by atoms with Crippen molar-refractivity contribution in [2.45, 2.75) is 39.2 Å². The second kappa shape index (κ2) is 13.4. The van der Waals surface area contributed by atoms with Gasteiger partial charge in [0, 0.05) is 26.8 Å². The molecule has 25 heavy (non-hydrogen) atoms. The minimum atomic E-state index is 0.0179. The van der Waals surface area contributed by atoms with Crippen LogP contribution in [0.25, 0.3) is 0 Å². The van der Waals surface area contributed by atoms with Gasteiger partial charge in [0.15, 0.2) is 5.96 Å². The number of benzene rings is 1. The molecule has 0 bridgehead atoms. The average molecular weight is 351 g/mol. The topological polar surface area (TPSA) is 64.1 Å². The SMILES string of the molecule is CCCCOCCCNC(=NC)NCC(C)Oc1ccc(OC)cc1. The van der Waals surface area contributed by atoms with Crippen molar-refractivity contribution in [2.75, 3.05) is 40.5 Å². The molecule has 0 saturated heterocycles. The number of aliphatic imine (C=N–C) groups is 1. The lowest BCUT2D eigenvalue weighted by atomic mass is 10.3. The van der Waals surface area contributed by atoms with Gasteiger partial charge in [0.05, 0.1) is 13.7 Å². The summed E-state index contributed by atoms with van der Waals surface area (Å²) in [5.41, 5.74) is 0. The number of methoxy groups -OCH3 is 1. The van der Waals surface area contributed by atoms with Crippen molar-refractivity contribution in [2.24, 2.45) is 4.99 Å². The highest BCUT2D eigenvalue weighted by Gasteiger charge is 2.06. The molecule has 1 unspecified atom stereocenters. The Morgan fingerprint density at radius 2 is 1.76 bits per heavy atom. The van der Waals surface area contributed by atoms with Crippen molar-refractivity contribution < 1.29 is 14.2 Å². The van der Waals surface area contributed by atoms with Gasteiger partial charge < -0.3 is 24.8 Å². The van der Waals surface area contributed by atoms with Crippen molar-refractivity contribution in [1.82, 2.24) is 10.6 Å². The van der Waals surface area contributed by atoms with Crippen molar-refractivity contribution in [1.29, 1.82) is 0 Å². The minimum Gasteiger partial charge on any atom is -0.497 e. The highest BCUT2D eigenvalue weighted by molar-refractivity contribution is 5.79. The first-order valence-corrected chi connectivity index (χ1v) is 9.02. The number of ether oxygens (including phenoxy) is 3. The summed E-state index contributed by atoms with van der Waals surface area (Å²) in [6.07, 6.45) is 3.28. The van der Waals surface area contributed by atoms with Gasteiger partial charge in [-0.1, -0.05) is 13.3 Å². The quantitative estimate of drug-likeness (QED) is 0.344. The van der Waals surface area contributed by atoms with Gasteiger partial charge in [0.25, 0.3) is 0 Å². The van der Waals surface area contributed by atoms with E-state index in [1.54, 1.807) is 14.2 Å². The predicted molar refractivity (Wildman–Crippen MR) is 103 cm³/mol. The van der Waals surface area contributed by atoms with Gasteiger partial charge >= 0.3 is 0 Å². The lowest BCUT2D eigenvalue weighted by molar-refractivity contribution is 0.129. The lowest BCUT2D eigenvalue weighted by Gasteiger charge is -2.18. The van der Waals surface area contributed by atoms with Crippen LogP contribution < -0.4 is 20.1 Å². The summed E-state index contributed by atoms with van der Waals surface area (Å²) < 4.78 is 16.6. The fraction of sp³-hybridized carbons (Fsp3) is 0.632. The van der Waals surface area contributed by atoms with Gasteiger partial charge in [-0.15, -0.1) is 0 Å². The van der Waals surface area contributed by atoms with Crippen LogP contribution in [0.1, 0.15) is 33.1 Å². The molecule has 142 valence electrons. The molecule has 0 radical (unpaired) electrons. The van der Waals surface area contributed by atoms with Crippen LogP contribution >= 0.6 is 0 Å². The fourth-order valence-corrected chi connectivity index (χ4v) is 2.12. The highest BCUT2D eigenvalue weighted by Crippen LogP contribution is 2.17. The molecule has 2 N–H and O–H groups in total. The van der Waals surface area contributed by atoms with E-state index in [0.29, 0.717) is 6.54 Å². The third-order valence-corrected chi connectivity index (χ3v) is 3.58. The molecular formula is C19H33N3O3. The zero-order chi connectivity index (χ0) is 18.3. The number of nitrogens with zero attached hydrogens (tertiary/aromatic N) is 1. The first-order chi connectivity index (χ1) is 12.2. The van der Waals surface area contributed by atoms with Crippen molar-refractivity contribution >= 4 is 5.96 Å². The van der Waals surface area contributed by atoms with E-state index < -0.39 is 0 Å². The number of rotatable bonds is 12. The molecule has 1 aromatic carbocycles. The summed E-state index contributed by atoms with van der Waals surface area (Å²) in [6.45, 7) is 7.31. The van der Waals surface area contributed by atoms with Crippen LogP contribution in [-0.4, -0.2) is 52.5 Å². The average Bonchev–Trinajstić information content (AvgIpc) is 2.64. The number of hydrogen-bond donors (Lipinski definition) is 2. The van der Waals surface area contributed by atoms with E-state index in [2.05, 4.69) is 22.5 Å². The molecule has 0 aromatic heterocycles. The monoisotopic (exact) mass is 351 g/mol. The van der Waals surface area contributed by atoms with Gasteiger partial charge in [-0.2, -0.15) is 0 Å². The van der Waals surface area contributed by atoms with Crippen LogP contribution in [0, 0.1) is 0 Å². The third-order valence-electron chi connectivity index (χ3n) is 3.58. The Bertz CT molecular complexity index is 477. The Balaban J connectivity index is 2.18. The Morgan fingerprint density at radius 1 is 1.08 bits per heavy atom. The summed E-state index contributed by atoms with van der Waals surface area (Å²) in [5.74, 6) is 2.42. The van der Waals surface area contributed by atoms with E-state index in [-0.39, 0.29) is 6.10 Å². The Morgan fingerprint density at radius 3 is 2.40 bits per heavy atom. The predicted octanol–water partition coefficient (Wildman–Crippen LogP) is 2.83. The zero-order valence-corrected chi connectivity index (χ0v) is 16.0. The number of nitrogens with one attached hydrogen (secondary N) is 2. The van der Waals surface area contributed by atoms with E-state index in [0.717, 1.165) is 50.1 Å². The second-order valence-corrected chi connectivity index (χ2v) is 5.80. The van der Waals surface area contributed by atoms with Crippen LogP contribution in [0.2, 0.25) is 0 Å². The molecule has 0 aliphatic carbocycles. The van der Waals surface area contributed by atoms with Crippen molar-refractivity contribution in [3.05, 3.63) is 24.3 Å². The van der Waals surface area contributed by atoms with Crippen molar-refractivity contribution in [3.63, 3.8) is 0 Å². The van der Waals surface area contributed by atoms with Crippen LogP contribution in [0.5, 0.6) is 11.5 Å². The molecule has 6 nitrogen and oxygen atoms in total. The minimum absolute atomic E-state index is 0.0179. The molecule has 1 atom stereocenters. The van der Waals surface area contributed by atoms with Gasteiger partial charge in [-0.05, 0) is 44.0 Å². The zero-order valence-electron chi connectivity index (χ0n) is 16.0. The maximum Gasteiger partial charge on any atom is 0.191 e. The summed E-state index contributed by atoms with van der Waals surface area (Å²) in [7, 11) is 3.42. The second-order valence-electron chi connectivity index (χ2n) is 5.80. The molecular weight excluding hydrogens is 318 g/mol. The molecule has 1 rings (SSSR count). The molecule has 1 aromatic rings. The molecule has 0 spiro atoms. The smallest absolute Gasteiger partial charge is 0.191 e. The molecule has 0 fully saturated rings. The Hall–Kier alpha value is -1.95. The largest absolute Gasteiger partial charge is 0.497 e. The summed E-state index contributed by atoms with van der Waals surface area (Å²) in [5, 5.41) is 6.55. The van der Waals surface area contributed by atoms with E-state index in [9.17, 15) is 0 Å². The van der Waals surface area contributed by atoms with Crippen LogP contribution in [0.4, 0.5) is 0 Å². The maximum atomic E-state index is 5.87. The van der Waals surface area contributed by atoms with Crippen LogP contribution in [0.15, 0.2) is 29.3 Å². The highest BCUT2D eigenvalue weighted by atomic mass is 16.5. The van der Waals surface area contributed by atoms with Crippen LogP contribution in [-0.2, 0) is 4.74 Å². The Kier molecular flexibility index (Phi) is 11.3. The molecule has 0 amide bonds. The lowest BCUT2D eigenvalue weighted by Crippen LogP contribution is -2.42. The van der Waals surface area contributed by atoms with E-state index in [1.165, 1.54) is 6.42 Å². The molecule has 0 saturated carbocycles. The summed E-state index contributed by atoms with van der Waals surface area (Å²) in [6, 6.07) is 7.58. The molecule has 0 aliphatic rings. The Labute approximate surface area is 152 Å². The van der Waals surface area contributed by atoms with Gasteiger partial charge in [-0.25, -0.2) is 0 Å². The number of hydrogen-bond acceptors (Lipinski definition) is 4. The summed E-state index contributed by atoms with van der Waals surface area (Å²) >= 11 is 0. The summed E-state index contributed by atoms with van der Waals surface area (Å²) in [4.78, 5) is 4.22. The number of unbranched alkanes of at least 4 members (excludes halogenated alkanes) is 1. The van der Waals surface area contributed by atoms with E-state index in [4.69, 9.17) is 14.2 Å². The maximum absolute atomic E-state index is 5.87. The van der Waals surface area contributed by atoms with E-state index in [1.807, 2.05) is 31.2 Å². The molecule has 6 heteroatoms. The standard InChI is InChI=1S/C19H33N3O3/c1-5-6-13-24-14-7-12-21-19(20-3)22-15-16(2)25-18-10-8-17(23-4)9-11-18/h8-11,16H,5-7,12-15H2,1-4H3,(H2,20,21,22). The normalized spacial score (nSPS) is 12.6. The number of guanidine groups is 1. The molecule has 0 aliphatic heterocycles. The van der Waals surface area contributed by atoms with E-state index >= 15 is 0 Å². The van der Waals surface area contributed by atoms with Crippen molar-refractivity contribution in [3.8, 4) is 11.5 Å². The van der Waals surface area contributed by atoms with Crippen LogP contribution in [0.3, 0.4) is 0 Å².